The molecule has 0 unspecified atom stereocenters. The molecule has 5 aromatic carbocycles. The molecule has 254 valence electrons. The lowest BCUT2D eigenvalue weighted by atomic mass is 9.65. The van der Waals surface area contributed by atoms with Crippen molar-refractivity contribution in [1.29, 1.82) is 0 Å². The Morgan fingerprint density at radius 1 is 0.407 bits per heavy atom. The summed E-state index contributed by atoms with van der Waals surface area (Å²) in [4.78, 5) is 25.2. The summed E-state index contributed by atoms with van der Waals surface area (Å²) >= 11 is 3.66. The smallest absolute Gasteiger partial charge is 0.238 e. The summed E-state index contributed by atoms with van der Waals surface area (Å²) < 4.78 is 0. The van der Waals surface area contributed by atoms with Crippen molar-refractivity contribution < 1.29 is 0 Å². The number of pyridine rings is 1. The Labute approximate surface area is 320 Å². The second-order valence-electron chi connectivity index (χ2n) is 13.5. The van der Waals surface area contributed by atoms with Gasteiger partial charge in [-0.3, -0.25) is 9.88 Å². The Morgan fingerprint density at radius 3 is 1.48 bits per heavy atom. The van der Waals surface area contributed by atoms with Crippen LogP contribution in [0, 0.1) is 0 Å². The number of nitrogens with zero attached hydrogens (tertiary/aromatic N) is 5. The molecule has 0 amide bonds. The lowest BCUT2D eigenvalue weighted by molar-refractivity contribution is 0.752. The van der Waals surface area contributed by atoms with Gasteiger partial charge in [-0.1, -0.05) is 121 Å². The van der Waals surface area contributed by atoms with E-state index in [0.29, 0.717) is 17.6 Å². The fourth-order valence-corrected chi connectivity index (χ4v) is 10.3. The average molecular weight is 728 g/mol. The highest BCUT2D eigenvalue weighted by molar-refractivity contribution is 7.21. The van der Waals surface area contributed by atoms with Crippen LogP contribution in [0.5, 0.6) is 0 Å². The number of anilines is 3. The van der Waals surface area contributed by atoms with E-state index >= 15 is 0 Å². The van der Waals surface area contributed by atoms with Crippen molar-refractivity contribution in [3.05, 3.63) is 197 Å². The Bertz CT molecular complexity index is 2630. The van der Waals surface area contributed by atoms with Crippen molar-refractivity contribution in [2.75, 3.05) is 4.90 Å². The third kappa shape index (κ3) is 4.62. The Balaban J connectivity index is 1.12. The minimum absolute atomic E-state index is 0.443. The molecule has 0 atom stereocenters. The zero-order chi connectivity index (χ0) is 35.6. The third-order valence-electron chi connectivity index (χ3n) is 10.6. The van der Waals surface area contributed by atoms with E-state index in [9.17, 15) is 0 Å². The van der Waals surface area contributed by atoms with E-state index in [-0.39, 0.29) is 0 Å². The van der Waals surface area contributed by atoms with Gasteiger partial charge in [0.15, 0.2) is 11.6 Å². The summed E-state index contributed by atoms with van der Waals surface area (Å²) in [6, 6.07) is 55.4. The monoisotopic (exact) mass is 727 g/mol. The molecule has 1 spiro atoms. The van der Waals surface area contributed by atoms with E-state index in [1.807, 2.05) is 53.1 Å². The van der Waals surface area contributed by atoms with Crippen molar-refractivity contribution >= 4 is 40.0 Å². The number of benzene rings is 5. The van der Waals surface area contributed by atoms with E-state index in [4.69, 9.17) is 15.0 Å². The van der Waals surface area contributed by atoms with Crippen LogP contribution in [-0.2, 0) is 5.41 Å². The third-order valence-corrected chi connectivity index (χ3v) is 12.6. The van der Waals surface area contributed by atoms with Gasteiger partial charge in [0, 0.05) is 32.6 Å². The molecular formula is C47H29N5S2. The molecule has 0 bridgehead atoms. The van der Waals surface area contributed by atoms with E-state index in [1.54, 1.807) is 0 Å². The Kier molecular flexibility index (Phi) is 7.05. The first-order valence-electron chi connectivity index (χ1n) is 17.9. The normalized spacial score (nSPS) is 13.3. The first-order valence-corrected chi connectivity index (χ1v) is 19.6. The van der Waals surface area contributed by atoms with Crippen molar-refractivity contribution in [3.8, 4) is 54.9 Å². The predicted molar refractivity (Wildman–Crippen MR) is 221 cm³/mol. The number of aromatic nitrogens is 4. The number of para-hydroxylation sites is 2. The first-order chi connectivity index (χ1) is 26.8. The summed E-state index contributed by atoms with van der Waals surface area (Å²) in [5.74, 6) is 1.78. The highest BCUT2D eigenvalue weighted by Crippen LogP contribution is 2.65. The van der Waals surface area contributed by atoms with E-state index in [2.05, 4.69) is 154 Å². The van der Waals surface area contributed by atoms with Crippen molar-refractivity contribution in [3.63, 3.8) is 0 Å². The van der Waals surface area contributed by atoms with Gasteiger partial charge in [-0.05, 0) is 80.5 Å². The second kappa shape index (κ2) is 12.3. The average Bonchev–Trinajstić information content (AvgIpc) is 3.99. The van der Waals surface area contributed by atoms with E-state index in [1.165, 1.54) is 37.6 Å². The topological polar surface area (TPSA) is 54.8 Å². The van der Waals surface area contributed by atoms with Crippen LogP contribution in [0.3, 0.4) is 0 Å². The van der Waals surface area contributed by atoms with Crippen LogP contribution in [-0.4, -0.2) is 19.9 Å². The largest absolute Gasteiger partial charge is 0.278 e. The number of hydrogen-bond donors (Lipinski definition) is 0. The molecular weight excluding hydrogens is 699 g/mol. The summed E-state index contributed by atoms with van der Waals surface area (Å²) in [7, 11) is 0. The van der Waals surface area contributed by atoms with Gasteiger partial charge < -0.3 is 0 Å². The zero-order valence-corrected chi connectivity index (χ0v) is 30.4. The molecule has 1 aliphatic heterocycles. The lowest BCUT2D eigenvalue weighted by Gasteiger charge is -2.43. The molecule has 4 aromatic heterocycles. The summed E-state index contributed by atoms with van der Waals surface area (Å²) in [5, 5.41) is 4.47. The number of thiophene rings is 2. The minimum Gasteiger partial charge on any atom is -0.278 e. The fraction of sp³-hybridized carbons (Fsp3) is 0.0213. The summed E-state index contributed by atoms with van der Waals surface area (Å²) in [6.07, 6.45) is 1.82. The van der Waals surface area contributed by atoms with Crippen LogP contribution in [0.4, 0.5) is 17.3 Å². The van der Waals surface area contributed by atoms with Gasteiger partial charge in [0.05, 0.1) is 22.5 Å². The maximum absolute atomic E-state index is 5.30. The summed E-state index contributed by atoms with van der Waals surface area (Å²) in [6.45, 7) is 0. The second-order valence-corrected chi connectivity index (χ2v) is 15.3. The molecule has 0 fully saturated rings. The van der Waals surface area contributed by atoms with Crippen LogP contribution in [0.15, 0.2) is 175 Å². The minimum atomic E-state index is -0.443. The molecule has 5 nitrogen and oxygen atoms in total. The van der Waals surface area contributed by atoms with E-state index in [0.717, 1.165) is 39.3 Å². The predicted octanol–water partition coefficient (Wildman–Crippen LogP) is 12.2. The van der Waals surface area contributed by atoms with Gasteiger partial charge in [-0.2, -0.15) is 9.97 Å². The van der Waals surface area contributed by atoms with Crippen molar-refractivity contribution in [2.45, 2.75) is 5.41 Å². The first kappa shape index (κ1) is 31.0. The Morgan fingerprint density at radius 2 is 0.907 bits per heavy atom. The van der Waals surface area contributed by atoms with E-state index < -0.39 is 5.41 Å². The molecule has 11 rings (SSSR count). The maximum Gasteiger partial charge on any atom is 0.238 e. The zero-order valence-electron chi connectivity index (χ0n) is 28.8. The standard InChI is InChI=1S/C47H29N5S2/c1-2-10-30(11-3-1)31-17-21-33(22-18-31)44-49-45(34-23-19-32(20-24-34)39-14-8-9-27-48-39)51-46(50-44)52-40-15-6-4-12-35(40)47(36-13-5-7-16-41(36)52)37-25-28-53-42(37)43-38(47)26-29-54-43/h1-29H. The Hall–Kier alpha value is -6.54. The molecule has 7 heteroatoms. The van der Waals surface area contributed by atoms with Gasteiger partial charge >= 0.3 is 0 Å². The van der Waals surface area contributed by atoms with Gasteiger partial charge in [0.2, 0.25) is 5.95 Å². The van der Waals surface area contributed by atoms with Crippen LogP contribution in [0.25, 0.3) is 54.9 Å². The molecule has 9 aromatic rings. The fourth-order valence-electron chi connectivity index (χ4n) is 8.24. The molecule has 1 aliphatic carbocycles. The quantitative estimate of drug-likeness (QED) is 0.177. The molecule has 2 aliphatic rings. The van der Waals surface area contributed by atoms with Crippen LogP contribution >= 0.6 is 22.7 Å². The maximum atomic E-state index is 5.30. The number of hydrogen-bond acceptors (Lipinski definition) is 7. The highest BCUT2D eigenvalue weighted by Gasteiger charge is 2.53. The molecule has 0 saturated heterocycles. The van der Waals surface area contributed by atoms with Crippen LogP contribution in [0.2, 0.25) is 0 Å². The van der Waals surface area contributed by atoms with Crippen LogP contribution in [0.1, 0.15) is 22.3 Å². The SMILES string of the molecule is c1ccc(-c2ccc(-c3nc(-c4ccc(-c5ccccn5)cc4)nc(N4c5ccccc5C5(c6ccccc64)c4ccsc4-c4sccc45)n3)cc2)cc1. The molecule has 5 heterocycles. The summed E-state index contributed by atoms with van der Waals surface area (Å²) in [5.41, 5.74) is 12.9. The molecule has 0 radical (unpaired) electrons. The molecule has 0 saturated carbocycles. The van der Waals surface area contributed by atoms with Gasteiger partial charge in [-0.25, -0.2) is 4.98 Å². The van der Waals surface area contributed by atoms with Gasteiger partial charge in [0.25, 0.3) is 0 Å². The van der Waals surface area contributed by atoms with Crippen molar-refractivity contribution in [1.82, 2.24) is 19.9 Å². The number of fused-ring (bicyclic) bond motifs is 9. The van der Waals surface area contributed by atoms with Crippen LogP contribution < -0.4 is 4.90 Å². The van der Waals surface area contributed by atoms with Gasteiger partial charge in [-0.15, -0.1) is 22.7 Å². The number of rotatable bonds is 5. The molecule has 0 N–H and O–H groups in total. The highest BCUT2D eigenvalue weighted by atomic mass is 32.1. The lowest BCUT2D eigenvalue weighted by Crippen LogP contribution is -2.36. The van der Waals surface area contributed by atoms with Gasteiger partial charge in [0.1, 0.15) is 0 Å². The van der Waals surface area contributed by atoms with Crippen molar-refractivity contribution in [2.24, 2.45) is 0 Å². The molecule has 54 heavy (non-hydrogen) atoms.